The first kappa shape index (κ1) is 12.4. The second-order valence-electron chi connectivity index (χ2n) is 4.24. The molecule has 0 radical (unpaired) electrons. The maximum atomic E-state index is 12.9. The van der Waals surface area contributed by atoms with E-state index < -0.39 is 0 Å². The van der Waals surface area contributed by atoms with Crippen LogP contribution in [0.2, 0.25) is 0 Å². The highest BCUT2D eigenvalue weighted by molar-refractivity contribution is 5.48. The Morgan fingerprint density at radius 1 is 1.11 bits per heavy atom. The number of anilines is 2. The monoisotopic (exact) mass is 244 g/mol. The first-order chi connectivity index (χ1) is 8.69. The molecule has 2 aromatic carbocycles. The molecule has 0 saturated carbocycles. The third-order valence-electron chi connectivity index (χ3n) is 2.90. The van der Waals surface area contributed by atoms with E-state index >= 15 is 0 Å². The zero-order valence-electron chi connectivity index (χ0n) is 10.4. The van der Waals surface area contributed by atoms with E-state index in [-0.39, 0.29) is 5.82 Å². The zero-order valence-corrected chi connectivity index (χ0v) is 10.4. The second-order valence-corrected chi connectivity index (χ2v) is 4.24. The second kappa shape index (κ2) is 5.54. The van der Waals surface area contributed by atoms with Crippen LogP contribution in [0.5, 0.6) is 0 Å². The summed E-state index contributed by atoms with van der Waals surface area (Å²) in [5.74, 6) is -0.209. The van der Waals surface area contributed by atoms with Gasteiger partial charge in [0.1, 0.15) is 5.82 Å². The highest BCUT2D eigenvalue weighted by Gasteiger charge is 2.05. The molecule has 0 fully saturated rings. The molecule has 94 valence electrons. The van der Waals surface area contributed by atoms with Crippen LogP contribution in [0.25, 0.3) is 0 Å². The van der Waals surface area contributed by atoms with Crippen molar-refractivity contribution < 1.29 is 4.39 Å². The average Bonchev–Trinajstić information content (AvgIpc) is 2.37. The molecule has 0 aliphatic carbocycles. The molecule has 0 amide bonds. The summed E-state index contributed by atoms with van der Waals surface area (Å²) in [4.78, 5) is 2.17. The van der Waals surface area contributed by atoms with E-state index in [2.05, 4.69) is 11.8 Å². The summed E-state index contributed by atoms with van der Waals surface area (Å²) in [6.07, 6.45) is 0. The normalized spacial score (nSPS) is 10.3. The van der Waals surface area contributed by atoms with Crippen molar-refractivity contribution in [1.82, 2.24) is 0 Å². The lowest BCUT2D eigenvalue weighted by Crippen LogP contribution is -2.21. The van der Waals surface area contributed by atoms with Gasteiger partial charge in [-0.2, -0.15) is 0 Å². The molecule has 18 heavy (non-hydrogen) atoms. The van der Waals surface area contributed by atoms with Gasteiger partial charge in [0.2, 0.25) is 0 Å². The van der Waals surface area contributed by atoms with Crippen molar-refractivity contribution in [3.05, 3.63) is 59.9 Å². The summed E-state index contributed by atoms with van der Waals surface area (Å²) in [6.45, 7) is 3.71. The molecule has 0 bridgehead atoms. The van der Waals surface area contributed by atoms with Gasteiger partial charge in [0.05, 0.1) is 0 Å². The molecule has 0 aliphatic heterocycles. The molecule has 2 N–H and O–H groups in total. The van der Waals surface area contributed by atoms with E-state index in [1.54, 1.807) is 12.1 Å². The topological polar surface area (TPSA) is 29.3 Å². The smallest absolute Gasteiger partial charge is 0.123 e. The molecule has 0 aliphatic rings. The first-order valence-corrected chi connectivity index (χ1v) is 6.04. The van der Waals surface area contributed by atoms with E-state index in [1.807, 2.05) is 24.3 Å². The average molecular weight is 244 g/mol. The van der Waals surface area contributed by atoms with Crippen molar-refractivity contribution >= 4 is 11.4 Å². The van der Waals surface area contributed by atoms with Crippen LogP contribution in [0.1, 0.15) is 12.5 Å². The van der Waals surface area contributed by atoms with Gasteiger partial charge >= 0.3 is 0 Å². The van der Waals surface area contributed by atoms with Gasteiger partial charge in [0.25, 0.3) is 0 Å². The fraction of sp³-hybridized carbons (Fsp3) is 0.200. The van der Waals surface area contributed by atoms with Gasteiger partial charge in [0.15, 0.2) is 0 Å². The Balaban J connectivity index is 2.17. The Labute approximate surface area is 107 Å². The minimum atomic E-state index is -0.209. The van der Waals surface area contributed by atoms with Gasteiger partial charge in [-0.1, -0.05) is 12.1 Å². The van der Waals surface area contributed by atoms with Crippen molar-refractivity contribution in [3.63, 3.8) is 0 Å². The standard InChI is InChI=1S/C15H17FN2/c1-2-18(15-8-6-13(16)7-9-15)11-12-4-3-5-14(17)10-12/h3-10H,2,11,17H2,1H3. The SMILES string of the molecule is CCN(Cc1cccc(N)c1)c1ccc(F)cc1. The predicted octanol–water partition coefficient (Wildman–Crippen LogP) is 3.43. The quantitative estimate of drug-likeness (QED) is 0.835. The van der Waals surface area contributed by atoms with E-state index in [4.69, 9.17) is 5.73 Å². The van der Waals surface area contributed by atoms with Crippen molar-refractivity contribution in [2.75, 3.05) is 17.2 Å². The molecule has 2 rings (SSSR count). The van der Waals surface area contributed by atoms with Crippen LogP contribution in [0.4, 0.5) is 15.8 Å². The Kier molecular flexibility index (Phi) is 3.82. The van der Waals surface area contributed by atoms with Crippen LogP contribution in [0.3, 0.4) is 0 Å². The molecule has 0 aromatic heterocycles. The van der Waals surface area contributed by atoms with Gasteiger partial charge in [-0.15, -0.1) is 0 Å². The Morgan fingerprint density at radius 3 is 2.44 bits per heavy atom. The lowest BCUT2D eigenvalue weighted by atomic mass is 10.1. The van der Waals surface area contributed by atoms with E-state index in [0.717, 1.165) is 30.0 Å². The largest absolute Gasteiger partial charge is 0.399 e. The molecule has 0 atom stereocenters. The van der Waals surface area contributed by atoms with Crippen LogP contribution in [0.15, 0.2) is 48.5 Å². The Bertz CT molecular complexity index is 508. The van der Waals surface area contributed by atoms with Gasteiger partial charge < -0.3 is 10.6 Å². The van der Waals surface area contributed by atoms with Crippen LogP contribution in [-0.2, 0) is 6.54 Å². The molecular weight excluding hydrogens is 227 g/mol. The molecule has 0 unspecified atom stereocenters. The van der Waals surface area contributed by atoms with Gasteiger partial charge in [-0.05, 0) is 48.9 Å². The Hall–Kier alpha value is -2.03. The number of nitrogens with zero attached hydrogens (tertiary/aromatic N) is 1. The summed E-state index contributed by atoms with van der Waals surface area (Å²) in [5.41, 5.74) is 8.70. The molecular formula is C15H17FN2. The maximum absolute atomic E-state index is 12.9. The lowest BCUT2D eigenvalue weighted by molar-refractivity contribution is 0.627. The van der Waals surface area contributed by atoms with E-state index in [9.17, 15) is 4.39 Å². The highest BCUT2D eigenvalue weighted by atomic mass is 19.1. The fourth-order valence-corrected chi connectivity index (χ4v) is 1.95. The number of nitrogen functional groups attached to an aromatic ring is 1. The number of hydrogen-bond acceptors (Lipinski definition) is 2. The summed E-state index contributed by atoms with van der Waals surface area (Å²) in [6, 6.07) is 14.4. The summed E-state index contributed by atoms with van der Waals surface area (Å²) in [7, 11) is 0. The summed E-state index contributed by atoms with van der Waals surface area (Å²) < 4.78 is 12.9. The van der Waals surface area contributed by atoms with Crippen molar-refractivity contribution in [2.24, 2.45) is 0 Å². The van der Waals surface area contributed by atoms with Gasteiger partial charge in [0, 0.05) is 24.5 Å². The van der Waals surface area contributed by atoms with Crippen molar-refractivity contribution in [1.29, 1.82) is 0 Å². The van der Waals surface area contributed by atoms with Crippen LogP contribution in [0, 0.1) is 5.82 Å². The van der Waals surface area contributed by atoms with Crippen LogP contribution in [-0.4, -0.2) is 6.54 Å². The number of hydrogen-bond donors (Lipinski definition) is 1. The molecule has 2 aromatic rings. The third kappa shape index (κ3) is 3.00. The predicted molar refractivity (Wildman–Crippen MR) is 74.0 cm³/mol. The molecule has 3 heteroatoms. The molecule has 0 spiro atoms. The molecule has 0 saturated heterocycles. The Morgan fingerprint density at radius 2 is 1.83 bits per heavy atom. The number of nitrogens with two attached hydrogens (primary N) is 1. The van der Waals surface area contributed by atoms with E-state index in [1.165, 1.54) is 12.1 Å². The van der Waals surface area contributed by atoms with Crippen molar-refractivity contribution in [3.8, 4) is 0 Å². The van der Waals surface area contributed by atoms with E-state index in [0.29, 0.717) is 0 Å². The summed E-state index contributed by atoms with van der Waals surface area (Å²) >= 11 is 0. The number of benzene rings is 2. The third-order valence-corrected chi connectivity index (χ3v) is 2.90. The maximum Gasteiger partial charge on any atom is 0.123 e. The lowest BCUT2D eigenvalue weighted by Gasteiger charge is -2.23. The highest BCUT2D eigenvalue weighted by Crippen LogP contribution is 2.18. The van der Waals surface area contributed by atoms with Crippen molar-refractivity contribution in [2.45, 2.75) is 13.5 Å². The van der Waals surface area contributed by atoms with Crippen LogP contribution < -0.4 is 10.6 Å². The first-order valence-electron chi connectivity index (χ1n) is 6.04. The number of rotatable bonds is 4. The molecule has 2 nitrogen and oxygen atoms in total. The van der Waals surface area contributed by atoms with Crippen LogP contribution >= 0.6 is 0 Å². The fourth-order valence-electron chi connectivity index (χ4n) is 1.95. The van der Waals surface area contributed by atoms with Gasteiger partial charge in [-0.25, -0.2) is 4.39 Å². The molecule has 0 heterocycles. The zero-order chi connectivity index (χ0) is 13.0. The number of halogens is 1. The minimum absolute atomic E-state index is 0.209. The minimum Gasteiger partial charge on any atom is -0.399 e. The summed E-state index contributed by atoms with van der Waals surface area (Å²) in [5, 5.41) is 0. The van der Waals surface area contributed by atoms with Gasteiger partial charge in [-0.3, -0.25) is 0 Å².